The van der Waals surface area contributed by atoms with E-state index in [-0.39, 0.29) is 11.4 Å². The first kappa shape index (κ1) is 37.6. The lowest BCUT2D eigenvalue weighted by atomic mass is 9.95. The molecule has 1 saturated heterocycles. The maximum atomic E-state index is 13.9. The van der Waals surface area contributed by atoms with Gasteiger partial charge in [0.05, 0.1) is 4.92 Å². The van der Waals surface area contributed by atoms with Crippen LogP contribution in [0.4, 0.5) is 16.2 Å². The zero-order chi connectivity index (χ0) is 35.7. The SMILES string of the molecule is CC(=O)OC[C@@H](OC(C)=O)[C@H](OC(C)=O)[C@H](OC(C)=O)[C@@H](OC(C)=O)[C@H]1[C@H](OC(C)=O)N(c2ccc([N+](=O)[O-])cc2)C(=O)N1C(C)=O. The second-order valence-corrected chi connectivity index (χ2v) is 9.98. The smallest absolute Gasteiger partial charge is 0.334 e. The maximum absolute atomic E-state index is 13.9. The highest BCUT2D eigenvalue weighted by Gasteiger charge is 2.59. The number of urea groups is 1. The molecule has 0 bridgehead atoms. The van der Waals surface area contributed by atoms with E-state index >= 15 is 0 Å². The van der Waals surface area contributed by atoms with Crippen molar-refractivity contribution in [3.05, 3.63) is 34.4 Å². The number of anilines is 1. The Labute approximate surface area is 267 Å². The van der Waals surface area contributed by atoms with Gasteiger partial charge in [-0.2, -0.15) is 0 Å². The van der Waals surface area contributed by atoms with Crippen molar-refractivity contribution in [2.24, 2.45) is 0 Å². The fourth-order valence-electron chi connectivity index (χ4n) is 4.76. The van der Waals surface area contributed by atoms with E-state index < -0.39 is 96.0 Å². The number of benzene rings is 1. The second kappa shape index (κ2) is 16.1. The number of esters is 6. The number of hydrogen-bond donors (Lipinski definition) is 0. The van der Waals surface area contributed by atoms with E-state index in [1.807, 2.05) is 0 Å². The summed E-state index contributed by atoms with van der Waals surface area (Å²) in [4.78, 5) is 112. The van der Waals surface area contributed by atoms with E-state index in [0.717, 1.165) is 77.6 Å². The Kier molecular flexibility index (Phi) is 12.9. The molecular weight excluding hydrogens is 634 g/mol. The molecule has 1 fully saturated rings. The highest BCUT2D eigenvalue weighted by Crippen LogP contribution is 2.36. The number of rotatable bonds is 13. The molecule has 2 rings (SSSR count). The van der Waals surface area contributed by atoms with Crippen molar-refractivity contribution in [3.8, 4) is 0 Å². The van der Waals surface area contributed by atoms with Crippen LogP contribution in [0.5, 0.6) is 0 Å². The van der Waals surface area contributed by atoms with Gasteiger partial charge in [0.1, 0.15) is 12.6 Å². The number of imide groups is 1. The number of carbonyl (C=O) groups excluding carboxylic acids is 8. The maximum Gasteiger partial charge on any atom is 0.334 e. The van der Waals surface area contributed by atoms with Crippen LogP contribution >= 0.6 is 0 Å². The van der Waals surface area contributed by atoms with Gasteiger partial charge in [0.2, 0.25) is 12.1 Å². The molecule has 0 unspecified atom stereocenters. The third-order valence-corrected chi connectivity index (χ3v) is 6.25. The van der Waals surface area contributed by atoms with Crippen molar-refractivity contribution in [2.75, 3.05) is 11.5 Å². The van der Waals surface area contributed by atoms with Gasteiger partial charge < -0.3 is 28.4 Å². The summed E-state index contributed by atoms with van der Waals surface area (Å²) in [5.41, 5.74) is -0.485. The van der Waals surface area contributed by atoms with Crippen LogP contribution in [0.2, 0.25) is 0 Å². The molecular formula is C28H33N3O16. The summed E-state index contributed by atoms with van der Waals surface area (Å²) in [5.74, 6) is -7.09. The van der Waals surface area contributed by atoms with Gasteiger partial charge in [-0.3, -0.25) is 53.5 Å². The summed E-state index contributed by atoms with van der Waals surface area (Å²) in [6.45, 7) is 5.83. The topological polar surface area (TPSA) is 242 Å². The number of amides is 3. The highest BCUT2D eigenvalue weighted by atomic mass is 16.6. The van der Waals surface area contributed by atoms with Crippen LogP contribution in [0.1, 0.15) is 48.5 Å². The largest absolute Gasteiger partial charge is 0.462 e. The lowest BCUT2D eigenvalue weighted by Crippen LogP contribution is -2.61. The zero-order valence-corrected chi connectivity index (χ0v) is 26.4. The number of carbonyl (C=O) groups is 8. The average molecular weight is 668 g/mol. The van der Waals surface area contributed by atoms with Crippen LogP contribution in [0.15, 0.2) is 24.3 Å². The molecule has 0 aliphatic carbocycles. The molecule has 19 nitrogen and oxygen atoms in total. The standard InChI is InChI=1S/C28H33N3O16/c1-13(32)29-23(27(47-19(7)38)30(28(29)39)20-8-10-21(11-9-20)31(40)41)25(45-17(5)36)26(46-18(6)37)24(44-16(4)35)22(43-15(3)34)12-42-14(2)33/h8-11,22-27H,12H2,1-7H3/t22-,23+,24+,25+,26+,27+/m1/s1. The minimum absolute atomic E-state index is 0.115. The Morgan fingerprint density at radius 2 is 1.26 bits per heavy atom. The van der Waals surface area contributed by atoms with E-state index in [9.17, 15) is 48.5 Å². The molecule has 0 saturated carbocycles. The van der Waals surface area contributed by atoms with Gasteiger partial charge in [-0.1, -0.05) is 0 Å². The van der Waals surface area contributed by atoms with Gasteiger partial charge in [0.15, 0.2) is 24.4 Å². The van der Waals surface area contributed by atoms with Gasteiger partial charge in [-0.25, -0.2) is 4.79 Å². The molecule has 256 valence electrons. The minimum Gasteiger partial charge on any atom is -0.462 e. The van der Waals surface area contributed by atoms with Crippen LogP contribution < -0.4 is 4.90 Å². The number of nitro benzene ring substituents is 1. The first-order valence-electron chi connectivity index (χ1n) is 13.7. The summed E-state index contributed by atoms with van der Waals surface area (Å²) in [7, 11) is 0. The van der Waals surface area contributed by atoms with E-state index in [2.05, 4.69) is 0 Å². The molecule has 3 amide bonds. The Morgan fingerprint density at radius 3 is 1.68 bits per heavy atom. The first-order chi connectivity index (χ1) is 21.8. The van der Waals surface area contributed by atoms with Gasteiger partial charge in [0.25, 0.3) is 5.69 Å². The summed E-state index contributed by atoms with van der Waals surface area (Å²) >= 11 is 0. The van der Waals surface area contributed by atoms with Crippen LogP contribution in [0.3, 0.4) is 0 Å². The van der Waals surface area contributed by atoms with Crippen molar-refractivity contribution >= 4 is 59.1 Å². The Bertz CT molecular complexity index is 1430. The molecule has 1 aliphatic heterocycles. The van der Waals surface area contributed by atoms with Crippen molar-refractivity contribution < 1.29 is 71.7 Å². The lowest BCUT2D eigenvalue weighted by Gasteiger charge is -2.39. The van der Waals surface area contributed by atoms with Crippen molar-refractivity contribution in [1.29, 1.82) is 0 Å². The fourth-order valence-corrected chi connectivity index (χ4v) is 4.76. The molecule has 19 heteroatoms. The molecule has 6 atom stereocenters. The van der Waals surface area contributed by atoms with E-state index in [1.165, 1.54) is 0 Å². The third-order valence-electron chi connectivity index (χ3n) is 6.25. The number of non-ortho nitro benzene ring substituents is 1. The fraction of sp³-hybridized carbons (Fsp3) is 0.500. The Balaban J connectivity index is 2.93. The highest BCUT2D eigenvalue weighted by molar-refractivity contribution is 6.05. The molecule has 1 aromatic carbocycles. The third kappa shape index (κ3) is 9.93. The number of hydrogen-bond acceptors (Lipinski definition) is 16. The second-order valence-electron chi connectivity index (χ2n) is 9.98. The summed E-state index contributed by atoms with van der Waals surface area (Å²) in [5, 5.41) is 11.2. The van der Waals surface area contributed by atoms with Crippen LogP contribution in [-0.4, -0.2) is 101 Å². The van der Waals surface area contributed by atoms with Crippen molar-refractivity contribution in [3.63, 3.8) is 0 Å². The molecule has 0 N–H and O–H groups in total. The number of nitrogens with zero attached hydrogens (tertiary/aromatic N) is 3. The van der Waals surface area contributed by atoms with E-state index in [0.29, 0.717) is 4.90 Å². The molecule has 0 aromatic heterocycles. The predicted molar refractivity (Wildman–Crippen MR) is 152 cm³/mol. The van der Waals surface area contributed by atoms with Crippen molar-refractivity contribution in [1.82, 2.24) is 4.90 Å². The summed E-state index contributed by atoms with van der Waals surface area (Å²) < 4.78 is 32.0. The molecule has 0 spiro atoms. The normalized spacial score (nSPS) is 18.1. The molecule has 1 heterocycles. The number of ether oxygens (including phenoxy) is 6. The molecule has 47 heavy (non-hydrogen) atoms. The lowest BCUT2D eigenvalue weighted by molar-refractivity contribution is -0.384. The molecule has 1 aromatic rings. The summed E-state index contributed by atoms with van der Waals surface area (Å²) in [6.07, 6.45) is -9.64. The van der Waals surface area contributed by atoms with Crippen LogP contribution in [0.25, 0.3) is 0 Å². The van der Waals surface area contributed by atoms with Gasteiger partial charge in [-0.15, -0.1) is 0 Å². The number of nitro groups is 1. The summed E-state index contributed by atoms with van der Waals surface area (Å²) in [6, 6.07) is 1.25. The zero-order valence-electron chi connectivity index (χ0n) is 26.4. The molecule has 1 aliphatic rings. The minimum atomic E-state index is -2.05. The first-order valence-corrected chi connectivity index (χ1v) is 13.7. The Morgan fingerprint density at radius 1 is 0.745 bits per heavy atom. The van der Waals surface area contributed by atoms with E-state index in [1.54, 1.807) is 0 Å². The van der Waals surface area contributed by atoms with E-state index in [4.69, 9.17) is 28.4 Å². The predicted octanol–water partition coefficient (Wildman–Crippen LogP) is 0.931. The van der Waals surface area contributed by atoms with Gasteiger partial charge in [-0.05, 0) is 12.1 Å². The quantitative estimate of drug-likeness (QED) is 0.123. The van der Waals surface area contributed by atoms with Crippen molar-refractivity contribution in [2.45, 2.75) is 85.2 Å². The Hall–Kier alpha value is -5.62. The average Bonchev–Trinajstić information content (AvgIpc) is 3.21. The van der Waals surface area contributed by atoms with Gasteiger partial charge in [0, 0.05) is 66.3 Å². The van der Waals surface area contributed by atoms with Crippen LogP contribution in [-0.2, 0) is 62.0 Å². The monoisotopic (exact) mass is 667 g/mol. The van der Waals surface area contributed by atoms with Gasteiger partial charge >= 0.3 is 41.8 Å². The molecule has 0 radical (unpaired) electrons. The van der Waals surface area contributed by atoms with Crippen LogP contribution in [0, 0.1) is 10.1 Å².